The van der Waals surface area contributed by atoms with Gasteiger partial charge in [-0.05, 0) is 11.6 Å². The maximum atomic E-state index is 9.99. The molecule has 2 atom stereocenters. The zero-order chi connectivity index (χ0) is 8.39. The summed E-state index contributed by atoms with van der Waals surface area (Å²) in [6.07, 6.45) is 14.8. The van der Waals surface area contributed by atoms with Crippen molar-refractivity contribution in [1.82, 2.24) is 0 Å². The van der Waals surface area contributed by atoms with Crippen LogP contribution in [0.2, 0.25) is 0 Å². The summed E-state index contributed by atoms with van der Waals surface area (Å²) in [7, 11) is 0. The zero-order valence-corrected chi connectivity index (χ0v) is 6.68. The summed E-state index contributed by atoms with van der Waals surface area (Å²) in [5.41, 5.74) is 1.31. The molecule has 0 heterocycles. The molecule has 0 aliphatic heterocycles. The average Bonchev–Trinajstić information content (AvgIpc) is 2.27. The number of aldehydes is 1. The van der Waals surface area contributed by atoms with Gasteiger partial charge in [0.1, 0.15) is 6.29 Å². The van der Waals surface area contributed by atoms with E-state index in [4.69, 9.17) is 0 Å². The Labute approximate surface area is 71.8 Å². The van der Waals surface area contributed by atoms with Crippen LogP contribution in [-0.4, -0.2) is 6.29 Å². The van der Waals surface area contributed by atoms with Gasteiger partial charge in [0.05, 0.1) is 0 Å². The largest absolute Gasteiger partial charge is 0.299 e. The number of fused-ring (bicyclic) bond motifs is 1. The predicted octanol–water partition coefficient (Wildman–Crippen LogP) is 2.04. The lowest BCUT2D eigenvalue weighted by Crippen LogP contribution is -2.12. The minimum atomic E-state index is 0.585. The zero-order valence-electron chi connectivity index (χ0n) is 6.68. The predicted molar refractivity (Wildman–Crippen MR) is 48.5 cm³/mol. The van der Waals surface area contributed by atoms with Crippen LogP contribution in [-0.2, 0) is 4.79 Å². The number of allylic oxidation sites excluding steroid dienone is 8. The first kappa shape index (κ1) is 7.29. The van der Waals surface area contributed by atoms with Crippen molar-refractivity contribution in [3.63, 3.8) is 0 Å². The van der Waals surface area contributed by atoms with Gasteiger partial charge in [0.2, 0.25) is 0 Å². The summed E-state index contributed by atoms with van der Waals surface area (Å²) in [4.78, 5) is 9.99. The van der Waals surface area contributed by atoms with Crippen LogP contribution < -0.4 is 0 Å². The van der Waals surface area contributed by atoms with E-state index in [2.05, 4.69) is 24.3 Å². The van der Waals surface area contributed by atoms with Crippen LogP contribution in [0.5, 0.6) is 0 Å². The van der Waals surface area contributed by atoms with Gasteiger partial charge < -0.3 is 0 Å². The molecule has 0 amide bonds. The molecule has 0 aromatic heterocycles. The summed E-state index contributed by atoms with van der Waals surface area (Å²) in [5, 5.41) is 0. The van der Waals surface area contributed by atoms with E-state index in [1.54, 1.807) is 6.08 Å². The Morgan fingerprint density at radius 2 is 2.08 bits per heavy atom. The molecule has 2 rings (SSSR count). The molecule has 0 aromatic carbocycles. The van der Waals surface area contributed by atoms with Gasteiger partial charge in [0.25, 0.3) is 0 Å². The minimum Gasteiger partial charge on any atom is -0.299 e. The lowest BCUT2D eigenvalue weighted by atomic mass is 9.82. The van der Waals surface area contributed by atoms with Crippen molar-refractivity contribution in [3.05, 3.63) is 48.1 Å². The monoisotopic (exact) mass is 158 g/mol. The Morgan fingerprint density at radius 3 is 2.67 bits per heavy atom. The maximum absolute atomic E-state index is 9.99. The van der Waals surface area contributed by atoms with E-state index in [0.717, 1.165) is 6.29 Å². The van der Waals surface area contributed by atoms with Crippen LogP contribution in [0.1, 0.15) is 0 Å². The smallest absolute Gasteiger partial charge is 0.142 e. The van der Waals surface area contributed by atoms with Crippen LogP contribution in [0.4, 0.5) is 0 Å². The highest BCUT2D eigenvalue weighted by molar-refractivity contribution is 5.65. The molecule has 2 aliphatic carbocycles. The fraction of sp³-hybridized carbons (Fsp3) is 0.182. The van der Waals surface area contributed by atoms with Crippen molar-refractivity contribution in [2.45, 2.75) is 0 Å². The van der Waals surface area contributed by atoms with Crippen molar-refractivity contribution in [3.8, 4) is 0 Å². The standard InChI is InChI=1S/C11H10O/c12-8-2-1-3-9-4-5-10-6-7-11(9)10/h1-8,10-11H/b2-1+,9-3-. The average molecular weight is 158 g/mol. The number of rotatable bonds is 2. The second-order valence-electron chi connectivity index (χ2n) is 3.03. The Kier molecular flexibility index (Phi) is 1.78. The maximum Gasteiger partial charge on any atom is 0.142 e. The molecular formula is C11H10O. The van der Waals surface area contributed by atoms with Crippen molar-refractivity contribution in [2.75, 3.05) is 0 Å². The lowest BCUT2D eigenvalue weighted by molar-refractivity contribution is -0.104. The molecular weight excluding hydrogens is 148 g/mol. The van der Waals surface area contributed by atoms with Crippen LogP contribution in [0, 0.1) is 11.8 Å². The third kappa shape index (κ3) is 1.07. The van der Waals surface area contributed by atoms with Crippen LogP contribution >= 0.6 is 0 Å². The molecule has 0 radical (unpaired) electrons. The molecule has 12 heavy (non-hydrogen) atoms. The van der Waals surface area contributed by atoms with E-state index in [1.807, 2.05) is 6.08 Å². The van der Waals surface area contributed by atoms with Crippen molar-refractivity contribution in [1.29, 1.82) is 0 Å². The topological polar surface area (TPSA) is 17.1 Å². The van der Waals surface area contributed by atoms with Gasteiger partial charge in [-0.25, -0.2) is 0 Å². The molecule has 2 unspecified atom stereocenters. The van der Waals surface area contributed by atoms with Gasteiger partial charge in [-0.1, -0.05) is 36.5 Å². The van der Waals surface area contributed by atoms with Gasteiger partial charge in [0.15, 0.2) is 0 Å². The van der Waals surface area contributed by atoms with E-state index in [9.17, 15) is 4.79 Å². The van der Waals surface area contributed by atoms with E-state index in [-0.39, 0.29) is 0 Å². The van der Waals surface area contributed by atoms with E-state index < -0.39 is 0 Å². The van der Waals surface area contributed by atoms with Crippen LogP contribution in [0.25, 0.3) is 0 Å². The summed E-state index contributed by atoms with van der Waals surface area (Å²) < 4.78 is 0. The molecule has 0 N–H and O–H groups in total. The number of hydrogen-bond donors (Lipinski definition) is 0. The third-order valence-electron chi connectivity index (χ3n) is 2.33. The molecule has 0 saturated heterocycles. The first-order valence-electron chi connectivity index (χ1n) is 4.10. The summed E-state index contributed by atoms with van der Waals surface area (Å²) in [6, 6.07) is 0. The molecule has 0 aromatic rings. The van der Waals surface area contributed by atoms with Gasteiger partial charge in [0, 0.05) is 11.8 Å². The van der Waals surface area contributed by atoms with Crippen LogP contribution in [0.15, 0.2) is 48.1 Å². The fourth-order valence-electron chi connectivity index (χ4n) is 1.58. The summed E-state index contributed by atoms with van der Waals surface area (Å²) in [5.74, 6) is 1.21. The van der Waals surface area contributed by atoms with Gasteiger partial charge in [-0.2, -0.15) is 0 Å². The molecule has 0 fully saturated rings. The number of carbonyl (C=O) groups excluding carboxylic acids is 1. The van der Waals surface area contributed by atoms with Crippen molar-refractivity contribution >= 4 is 6.29 Å². The number of hydrogen-bond acceptors (Lipinski definition) is 1. The molecule has 60 valence electrons. The highest BCUT2D eigenvalue weighted by atomic mass is 16.1. The molecule has 2 aliphatic rings. The minimum absolute atomic E-state index is 0.585. The summed E-state index contributed by atoms with van der Waals surface area (Å²) >= 11 is 0. The fourth-order valence-corrected chi connectivity index (χ4v) is 1.58. The first-order chi connectivity index (χ1) is 5.92. The first-order valence-corrected chi connectivity index (χ1v) is 4.10. The second kappa shape index (κ2) is 2.94. The quantitative estimate of drug-likeness (QED) is 0.341. The third-order valence-corrected chi connectivity index (χ3v) is 2.33. The number of carbonyl (C=O) groups is 1. The SMILES string of the molecule is O=C/C=C/C=C1/C=CC2C=CC12. The Balaban J connectivity index is 2.10. The summed E-state index contributed by atoms with van der Waals surface area (Å²) in [6.45, 7) is 0. The van der Waals surface area contributed by atoms with Gasteiger partial charge >= 0.3 is 0 Å². The molecule has 0 saturated carbocycles. The van der Waals surface area contributed by atoms with Crippen LogP contribution in [0.3, 0.4) is 0 Å². The van der Waals surface area contributed by atoms with E-state index in [0.29, 0.717) is 11.8 Å². The molecule has 1 heteroatoms. The second-order valence-corrected chi connectivity index (χ2v) is 3.03. The van der Waals surface area contributed by atoms with Gasteiger partial charge in [-0.3, -0.25) is 4.79 Å². The highest BCUT2D eigenvalue weighted by Gasteiger charge is 2.27. The highest BCUT2D eigenvalue weighted by Crippen LogP contribution is 2.38. The Bertz CT molecular complexity index is 305. The Morgan fingerprint density at radius 1 is 1.17 bits per heavy atom. The lowest BCUT2D eigenvalue weighted by Gasteiger charge is -2.21. The van der Waals surface area contributed by atoms with Crippen molar-refractivity contribution in [2.24, 2.45) is 11.8 Å². The Hall–Kier alpha value is -1.37. The van der Waals surface area contributed by atoms with Gasteiger partial charge in [-0.15, -0.1) is 0 Å². The normalized spacial score (nSPS) is 34.2. The van der Waals surface area contributed by atoms with E-state index in [1.165, 1.54) is 11.6 Å². The molecule has 0 spiro atoms. The van der Waals surface area contributed by atoms with E-state index >= 15 is 0 Å². The molecule has 0 bridgehead atoms. The van der Waals surface area contributed by atoms with Crippen molar-refractivity contribution < 1.29 is 4.79 Å². The molecule has 1 nitrogen and oxygen atoms in total.